The highest BCUT2D eigenvalue weighted by atomic mass is 19.1. The zero-order valence-corrected chi connectivity index (χ0v) is 12.3. The van der Waals surface area contributed by atoms with Gasteiger partial charge >= 0.3 is 6.01 Å². The maximum atomic E-state index is 12.9. The molecule has 1 saturated heterocycles. The molecular weight excluding hydrogens is 291 g/mol. The molecule has 2 heterocycles. The maximum Gasteiger partial charge on any atom is 0.353 e. The number of methoxy groups -OCH3 is 1. The first kappa shape index (κ1) is 14.9. The summed E-state index contributed by atoms with van der Waals surface area (Å²) in [6.07, 6.45) is 1.67. The minimum absolute atomic E-state index is 0.182. The average molecular weight is 308 g/mol. The van der Waals surface area contributed by atoms with Gasteiger partial charge in [0.05, 0.1) is 26.7 Å². The van der Waals surface area contributed by atoms with Crippen LogP contribution in [0.5, 0.6) is 6.01 Å². The number of hydrogen-bond acceptors (Lipinski definition) is 6. The van der Waals surface area contributed by atoms with Crippen molar-refractivity contribution in [2.75, 3.05) is 20.3 Å². The molecule has 0 aliphatic carbocycles. The first-order chi connectivity index (χ1) is 10.7. The molecule has 0 bridgehead atoms. The van der Waals surface area contributed by atoms with Crippen LogP contribution in [0.25, 0.3) is 0 Å². The number of aryl methyl sites for hydroxylation is 1. The molecule has 0 saturated carbocycles. The minimum Gasteiger partial charge on any atom is -0.465 e. The van der Waals surface area contributed by atoms with Crippen molar-refractivity contribution in [3.63, 3.8) is 0 Å². The molecule has 22 heavy (non-hydrogen) atoms. The fourth-order valence-corrected chi connectivity index (χ4v) is 2.44. The molecule has 0 amide bonds. The third-order valence-corrected chi connectivity index (χ3v) is 3.57. The first-order valence-corrected chi connectivity index (χ1v) is 7.08. The quantitative estimate of drug-likeness (QED) is 0.814. The molecule has 3 rings (SSSR count). The van der Waals surface area contributed by atoms with E-state index >= 15 is 0 Å². The van der Waals surface area contributed by atoms with Gasteiger partial charge in [0.1, 0.15) is 5.82 Å². The summed E-state index contributed by atoms with van der Waals surface area (Å²) in [7, 11) is 1.47. The monoisotopic (exact) mass is 308 g/mol. The molecule has 1 aliphatic heterocycles. The molecule has 0 N–H and O–H groups in total. The van der Waals surface area contributed by atoms with E-state index in [1.54, 1.807) is 12.1 Å². The van der Waals surface area contributed by atoms with Crippen LogP contribution in [0.3, 0.4) is 0 Å². The fraction of sp³-hybridized carbons (Fsp3) is 0.467. The number of benzene rings is 1. The lowest BCUT2D eigenvalue weighted by Gasteiger charge is -2.25. The van der Waals surface area contributed by atoms with E-state index in [1.165, 1.54) is 19.2 Å². The van der Waals surface area contributed by atoms with E-state index in [1.807, 2.05) is 0 Å². The number of nitrogens with zero attached hydrogens (tertiary/aromatic N) is 2. The van der Waals surface area contributed by atoms with Crippen LogP contribution in [-0.2, 0) is 22.3 Å². The highest BCUT2D eigenvalue weighted by molar-refractivity contribution is 5.16. The lowest BCUT2D eigenvalue weighted by atomic mass is 10.0. The van der Waals surface area contributed by atoms with Crippen molar-refractivity contribution in [2.24, 2.45) is 0 Å². The van der Waals surface area contributed by atoms with Crippen LogP contribution < -0.4 is 4.74 Å². The summed E-state index contributed by atoms with van der Waals surface area (Å²) in [5, 5.41) is 3.67. The van der Waals surface area contributed by atoms with Crippen LogP contribution in [0.4, 0.5) is 4.39 Å². The number of rotatable bonds is 6. The van der Waals surface area contributed by atoms with Crippen molar-refractivity contribution in [2.45, 2.75) is 25.0 Å². The van der Waals surface area contributed by atoms with Gasteiger partial charge in [-0.2, -0.15) is 4.98 Å². The van der Waals surface area contributed by atoms with E-state index < -0.39 is 5.79 Å². The maximum absolute atomic E-state index is 12.9. The van der Waals surface area contributed by atoms with Crippen molar-refractivity contribution in [1.82, 2.24) is 10.1 Å². The predicted molar refractivity (Wildman–Crippen MR) is 73.9 cm³/mol. The van der Waals surface area contributed by atoms with E-state index in [4.69, 9.17) is 18.7 Å². The lowest BCUT2D eigenvalue weighted by Crippen LogP contribution is -2.33. The molecular formula is C15H17FN2O4. The second-order valence-corrected chi connectivity index (χ2v) is 5.09. The third kappa shape index (κ3) is 3.42. The van der Waals surface area contributed by atoms with Crippen LogP contribution >= 0.6 is 0 Å². The Bertz CT molecular complexity index is 608. The number of halogens is 1. The topological polar surface area (TPSA) is 66.6 Å². The van der Waals surface area contributed by atoms with Crippen molar-refractivity contribution < 1.29 is 23.1 Å². The van der Waals surface area contributed by atoms with Crippen LogP contribution in [-0.4, -0.2) is 36.3 Å². The van der Waals surface area contributed by atoms with E-state index in [0.717, 1.165) is 5.56 Å². The molecule has 0 atom stereocenters. The smallest absolute Gasteiger partial charge is 0.353 e. The predicted octanol–water partition coefficient (Wildman–Crippen LogP) is 2.14. The number of ether oxygens (including phenoxy) is 3. The van der Waals surface area contributed by atoms with E-state index in [9.17, 15) is 4.39 Å². The van der Waals surface area contributed by atoms with Gasteiger partial charge in [0, 0.05) is 6.42 Å². The molecule has 1 fully saturated rings. The molecule has 0 radical (unpaired) electrons. The van der Waals surface area contributed by atoms with Crippen LogP contribution in [0.15, 0.2) is 28.8 Å². The molecule has 118 valence electrons. The SMILES string of the molecule is COc1noc(CC2(CCc3ccc(F)cc3)OCCO2)n1. The van der Waals surface area contributed by atoms with Gasteiger partial charge in [-0.05, 0) is 29.3 Å². The Morgan fingerprint density at radius 1 is 1.23 bits per heavy atom. The normalized spacial score (nSPS) is 16.8. The Hall–Kier alpha value is -1.99. The van der Waals surface area contributed by atoms with E-state index in [2.05, 4.69) is 10.1 Å². The van der Waals surface area contributed by atoms with Gasteiger partial charge in [-0.1, -0.05) is 12.1 Å². The highest BCUT2D eigenvalue weighted by Crippen LogP contribution is 2.29. The molecule has 6 nitrogen and oxygen atoms in total. The van der Waals surface area contributed by atoms with E-state index in [0.29, 0.717) is 38.4 Å². The molecule has 7 heteroatoms. The fourth-order valence-electron chi connectivity index (χ4n) is 2.44. The molecule has 2 aromatic rings. The summed E-state index contributed by atoms with van der Waals surface area (Å²) >= 11 is 0. The Balaban J connectivity index is 1.67. The highest BCUT2D eigenvalue weighted by Gasteiger charge is 2.38. The zero-order chi connectivity index (χ0) is 15.4. The van der Waals surface area contributed by atoms with Crippen LogP contribution in [0.2, 0.25) is 0 Å². The summed E-state index contributed by atoms with van der Waals surface area (Å²) < 4.78 is 34.5. The molecule has 1 aromatic heterocycles. The van der Waals surface area contributed by atoms with Gasteiger partial charge in [0.15, 0.2) is 5.79 Å². The van der Waals surface area contributed by atoms with Gasteiger partial charge in [-0.25, -0.2) is 4.39 Å². The Kier molecular flexibility index (Phi) is 4.35. The minimum atomic E-state index is -0.786. The summed E-state index contributed by atoms with van der Waals surface area (Å²) in [5.41, 5.74) is 1.02. The van der Waals surface area contributed by atoms with Crippen molar-refractivity contribution in [3.05, 3.63) is 41.5 Å². The summed E-state index contributed by atoms with van der Waals surface area (Å²) in [5.74, 6) is -0.631. The molecule has 0 unspecified atom stereocenters. The van der Waals surface area contributed by atoms with Gasteiger partial charge < -0.3 is 18.7 Å². The average Bonchev–Trinajstić information content (AvgIpc) is 3.17. The van der Waals surface area contributed by atoms with Crippen molar-refractivity contribution in [1.29, 1.82) is 0 Å². The molecule has 0 spiro atoms. The lowest BCUT2D eigenvalue weighted by molar-refractivity contribution is -0.163. The van der Waals surface area contributed by atoms with Gasteiger partial charge in [0.25, 0.3) is 0 Å². The van der Waals surface area contributed by atoms with Gasteiger partial charge in [0.2, 0.25) is 5.89 Å². The summed E-state index contributed by atoms with van der Waals surface area (Å²) in [6, 6.07) is 6.59. The first-order valence-electron chi connectivity index (χ1n) is 7.08. The van der Waals surface area contributed by atoms with Crippen molar-refractivity contribution >= 4 is 0 Å². The Morgan fingerprint density at radius 2 is 1.95 bits per heavy atom. The standard InChI is InChI=1S/C15H17FN2O4/c1-19-14-17-13(22-18-14)10-15(20-8-9-21-15)7-6-11-2-4-12(16)5-3-11/h2-5H,6-10H2,1H3. The number of aromatic nitrogens is 2. The summed E-state index contributed by atoms with van der Waals surface area (Å²) in [4.78, 5) is 4.09. The molecule has 1 aromatic carbocycles. The third-order valence-electron chi connectivity index (χ3n) is 3.57. The second kappa shape index (κ2) is 6.41. The van der Waals surface area contributed by atoms with Crippen molar-refractivity contribution in [3.8, 4) is 6.01 Å². The Labute approximate surface area is 127 Å². The van der Waals surface area contributed by atoms with E-state index in [-0.39, 0.29) is 11.8 Å². The summed E-state index contributed by atoms with van der Waals surface area (Å²) in [6.45, 7) is 1.05. The van der Waals surface area contributed by atoms with Gasteiger partial charge in [-0.3, -0.25) is 0 Å². The Morgan fingerprint density at radius 3 is 2.59 bits per heavy atom. The van der Waals surface area contributed by atoms with Crippen LogP contribution in [0, 0.1) is 5.82 Å². The number of hydrogen-bond donors (Lipinski definition) is 0. The molecule has 1 aliphatic rings. The van der Waals surface area contributed by atoms with Crippen LogP contribution in [0.1, 0.15) is 17.9 Å². The second-order valence-electron chi connectivity index (χ2n) is 5.09. The largest absolute Gasteiger partial charge is 0.465 e. The zero-order valence-electron chi connectivity index (χ0n) is 12.3. The van der Waals surface area contributed by atoms with Gasteiger partial charge in [-0.15, -0.1) is 0 Å².